The van der Waals surface area contributed by atoms with E-state index in [1.807, 2.05) is 4.68 Å². The van der Waals surface area contributed by atoms with Gasteiger partial charge in [0.1, 0.15) is 5.75 Å². The standard InChI is InChI=1S/C22H30F3N3O.C7H15NO/c1-4-13-27(14-12-16(3)5-2)21-15-20(17-6-7-17)28(26-21)18-8-10-19(11-9-18)29-22(23,24)25;1-2-3-8-4-6-9-7-5-8/h8-11,15-17H,4-7,12-14H2,1-3H3;2-7H2,1H3. The van der Waals surface area contributed by atoms with Crippen molar-refractivity contribution in [2.24, 2.45) is 5.92 Å². The van der Waals surface area contributed by atoms with Gasteiger partial charge in [0.2, 0.25) is 0 Å². The lowest BCUT2D eigenvalue weighted by Gasteiger charge is -2.25. The molecule has 6 nitrogen and oxygen atoms in total. The normalized spacial score (nSPS) is 17.0. The van der Waals surface area contributed by atoms with Gasteiger partial charge in [-0.2, -0.15) is 5.10 Å². The molecule has 0 N–H and O–H groups in total. The highest BCUT2D eigenvalue weighted by Crippen LogP contribution is 2.42. The van der Waals surface area contributed by atoms with Gasteiger partial charge in [0.25, 0.3) is 0 Å². The third kappa shape index (κ3) is 9.80. The van der Waals surface area contributed by atoms with Crippen LogP contribution >= 0.6 is 0 Å². The van der Waals surface area contributed by atoms with Crippen LogP contribution in [0.15, 0.2) is 30.3 Å². The Labute approximate surface area is 226 Å². The largest absolute Gasteiger partial charge is 0.573 e. The Bertz CT molecular complexity index is 936. The number of morpholine rings is 1. The number of nitrogens with zero attached hydrogens (tertiary/aromatic N) is 4. The second-order valence-electron chi connectivity index (χ2n) is 10.4. The predicted octanol–water partition coefficient (Wildman–Crippen LogP) is 7.03. The van der Waals surface area contributed by atoms with Crippen LogP contribution in [-0.4, -0.2) is 67.0 Å². The fraction of sp³-hybridized carbons (Fsp3) is 0.690. The number of benzene rings is 1. The van der Waals surface area contributed by atoms with Gasteiger partial charge in [-0.25, -0.2) is 4.68 Å². The Morgan fingerprint density at radius 2 is 1.74 bits per heavy atom. The summed E-state index contributed by atoms with van der Waals surface area (Å²) in [5.41, 5.74) is 1.89. The van der Waals surface area contributed by atoms with Gasteiger partial charge in [0, 0.05) is 43.9 Å². The van der Waals surface area contributed by atoms with Crippen molar-refractivity contribution in [1.29, 1.82) is 0 Å². The Kier molecular flexibility index (Phi) is 11.8. The van der Waals surface area contributed by atoms with Crippen molar-refractivity contribution in [3.8, 4) is 11.4 Å². The molecule has 0 amide bonds. The molecule has 214 valence electrons. The molecule has 0 radical (unpaired) electrons. The van der Waals surface area contributed by atoms with E-state index in [1.165, 1.54) is 25.1 Å². The maximum absolute atomic E-state index is 12.4. The van der Waals surface area contributed by atoms with Gasteiger partial charge in [-0.3, -0.25) is 4.90 Å². The Hall–Kier alpha value is -2.26. The number of aromatic nitrogens is 2. The molecular formula is C29H45F3N4O2. The van der Waals surface area contributed by atoms with Crippen LogP contribution in [0.3, 0.4) is 0 Å². The second kappa shape index (κ2) is 14.8. The molecule has 1 saturated carbocycles. The van der Waals surface area contributed by atoms with Gasteiger partial charge < -0.3 is 14.4 Å². The van der Waals surface area contributed by atoms with E-state index in [-0.39, 0.29) is 5.75 Å². The van der Waals surface area contributed by atoms with Gasteiger partial charge in [-0.05, 0) is 68.8 Å². The van der Waals surface area contributed by atoms with Crippen molar-refractivity contribution in [2.75, 3.05) is 50.8 Å². The van der Waals surface area contributed by atoms with E-state index < -0.39 is 6.36 Å². The summed E-state index contributed by atoms with van der Waals surface area (Å²) in [5.74, 6) is 1.87. The van der Waals surface area contributed by atoms with E-state index in [2.05, 4.69) is 48.3 Å². The minimum Gasteiger partial charge on any atom is -0.406 e. The molecule has 1 atom stereocenters. The lowest BCUT2D eigenvalue weighted by molar-refractivity contribution is -0.274. The van der Waals surface area contributed by atoms with Crippen molar-refractivity contribution in [3.63, 3.8) is 0 Å². The fourth-order valence-electron chi connectivity index (χ4n) is 4.53. The molecular weight excluding hydrogens is 493 g/mol. The van der Waals surface area contributed by atoms with Crippen LogP contribution in [0.5, 0.6) is 5.75 Å². The summed E-state index contributed by atoms with van der Waals surface area (Å²) in [6.07, 6.45) is 2.15. The number of hydrogen-bond acceptors (Lipinski definition) is 5. The van der Waals surface area contributed by atoms with Crippen molar-refractivity contribution in [3.05, 3.63) is 36.0 Å². The van der Waals surface area contributed by atoms with Gasteiger partial charge in [-0.1, -0.05) is 34.1 Å². The van der Waals surface area contributed by atoms with Crippen molar-refractivity contribution in [1.82, 2.24) is 14.7 Å². The topological polar surface area (TPSA) is 42.8 Å². The van der Waals surface area contributed by atoms with Crippen LogP contribution < -0.4 is 9.64 Å². The van der Waals surface area contributed by atoms with Crippen molar-refractivity contribution < 1.29 is 22.6 Å². The summed E-state index contributed by atoms with van der Waals surface area (Å²) in [5, 5.41) is 4.85. The molecule has 1 unspecified atom stereocenters. The molecule has 1 saturated heterocycles. The van der Waals surface area contributed by atoms with E-state index in [9.17, 15) is 13.2 Å². The number of ether oxygens (including phenoxy) is 2. The first kappa shape index (κ1) is 30.3. The van der Waals surface area contributed by atoms with Crippen LogP contribution in [0.4, 0.5) is 19.0 Å². The molecule has 1 aliphatic heterocycles. The summed E-state index contributed by atoms with van der Waals surface area (Å²) < 4.78 is 48.3. The molecule has 2 fully saturated rings. The number of hydrogen-bond donors (Lipinski definition) is 0. The lowest BCUT2D eigenvalue weighted by atomic mass is 10.1. The lowest BCUT2D eigenvalue weighted by Crippen LogP contribution is -2.36. The van der Waals surface area contributed by atoms with Gasteiger partial charge in [0.15, 0.2) is 5.82 Å². The number of alkyl halides is 3. The highest BCUT2D eigenvalue weighted by atomic mass is 19.4. The first-order valence-corrected chi connectivity index (χ1v) is 14.2. The summed E-state index contributed by atoms with van der Waals surface area (Å²) >= 11 is 0. The van der Waals surface area contributed by atoms with E-state index >= 15 is 0 Å². The molecule has 1 aliphatic carbocycles. The Balaban J connectivity index is 0.000000375. The van der Waals surface area contributed by atoms with Crippen molar-refractivity contribution >= 4 is 5.82 Å². The third-order valence-corrected chi connectivity index (χ3v) is 7.08. The minimum absolute atomic E-state index is 0.220. The van der Waals surface area contributed by atoms with E-state index in [0.29, 0.717) is 11.8 Å². The third-order valence-electron chi connectivity index (χ3n) is 7.08. The highest BCUT2D eigenvalue weighted by Gasteiger charge is 2.32. The smallest absolute Gasteiger partial charge is 0.406 e. The van der Waals surface area contributed by atoms with Gasteiger partial charge in [0.05, 0.1) is 18.9 Å². The number of anilines is 1. The maximum Gasteiger partial charge on any atom is 0.573 e. The summed E-state index contributed by atoms with van der Waals surface area (Å²) in [7, 11) is 0. The maximum atomic E-state index is 12.4. The average molecular weight is 539 g/mol. The van der Waals surface area contributed by atoms with E-state index in [4.69, 9.17) is 9.84 Å². The Morgan fingerprint density at radius 3 is 2.29 bits per heavy atom. The Morgan fingerprint density at radius 1 is 1.05 bits per heavy atom. The summed E-state index contributed by atoms with van der Waals surface area (Å²) in [6, 6.07) is 8.10. The molecule has 4 rings (SSSR count). The molecule has 2 aliphatic rings. The molecule has 0 bridgehead atoms. The predicted molar refractivity (Wildman–Crippen MR) is 146 cm³/mol. The van der Waals surface area contributed by atoms with Crippen LogP contribution in [0.2, 0.25) is 0 Å². The highest BCUT2D eigenvalue weighted by molar-refractivity contribution is 5.47. The molecule has 1 aromatic carbocycles. The quantitative estimate of drug-likeness (QED) is 0.290. The van der Waals surface area contributed by atoms with Gasteiger partial charge in [-0.15, -0.1) is 13.2 Å². The van der Waals surface area contributed by atoms with Crippen LogP contribution in [0.25, 0.3) is 5.69 Å². The molecule has 2 heterocycles. The molecule has 2 aromatic rings. The first-order chi connectivity index (χ1) is 18.2. The number of halogens is 3. The van der Waals surface area contributed by atoms with Crippen LogP contribution in [0, 0.1) is 5.92 Å². The van der Waals surface area contributed by atoms with Gasteiger partial charge >= 0.3 is 6.36 Å². The molecule has 0 spiro atoms. The van der Waals surface area contributed by atoms with Crippen molar-refractivity contribution in [2.45, 2.75) is 78.5 Å². The van der Waals surface area contributed by atoms with Crippen LogP contribution in [0.1, 0.15) is 77.8 Å². The summed E-state index contributed by atoms with van der Waals surface area (Å²) in [6.45, 7) is 16.1. The second-order valence-corrected chi connectivity index (χ2v) is 10.4. The molecule has 38 heavy (non-hydrogen) atoms. The van der Waals surface area contributed by atoms with E-state index in [1.54, 1.807) is 12.1 Å². The number of rotatable bonds is 12. The van der Waals surface area contributed by atoms with Crippen LogP contribution in [-0.2, 0) is 4.74 Å². The fourth-order valence-corrected chi connectivity index (χ4v) is 4.53. The zero-order valence-corrected chi connectivity index (χ0v) is 23.5. The molecule has 1 aromatic heterocycles. The first-order valence-electron chi connectivity index (χ1n) is 14.2. The zero-order chi connectivity index (χ0) is 27.5. The molecule has 9 heteroatoms. The monoisotopic (exact) mass is 538 g/mol. The average Bonchev–Trinajstić information content (AvgIpc) is 3.65. The van der Waals surface area contributed by atoms with E-state index in [0.717, 1.165) is 88.7 Å². The SMILES string of the molecule is CCCN(CCC(C)CC)c1cc(C2CC2)n(-c2ccc(OC(F)(F)F)cc2)n1.CCCN1CCOCC1. The minimum atomic E-state index is -4.68. The zero-order valence-electron chi connectivity index (χ0n) is 23.5. The summed E-state index contributed by atoms with van der Waals surface area (Å²) in [4.78, 5) is 4.78.